The molecule has 1 aromatic carbocycles. The van der Waals surface area contributed by atoms with E-state index in [4.69, 9.17) is 4.74 Å². The van der Waals surface area contributed by atoms with E-state index in [-0.39, 0.29) is 24.4 Å². The zero-order valence-electron chi connectivity index (χ0n) is 9.61. The SMILES string of the molecule is O=C1COC(=O)C(c2cccc(Br)c2)(C2CC2)N1. The largest absolute Gasteiger partial charge is 0.454 e. The van der Waals surface area contributed by atoms with E-state index in [1.54, 1.807) is 0 Å². The fraction of sp³-hybridized carbons (Fsp3) is 0.385. The molecule has 5 heteroatoms. The van der Waals surface area contributed by atoms with Crippen molar-refractivity contribution in [2.75, 3.05) is 6.61 Å². The fourth-order valence-corrected chi connectivity index (χ4v) is 2.90. The van der Waals surface area contributed by atoms with Crippen LogP contribution in [-0.2, 0) is 19.9 Å². The number of hydrogen-bond acceptors (Lipinski definition) is 3. The number of carbonyl (C=O) groups excluding carboxylic acids is 2. The molecule has 94 valence electrons. The van der Waals surface area contributed by atoms with Crippen molar-refractivity contribution in [1.82, 2.24) is 5.32 Å². The highest BCUT2D eigenvalue weighted by Gasteiger charge is 2.56. The number of nitrogens with one attached hydrogen (secondary N) is 1. The Hall–Kier alpha value is -1.36. The highest BCUT2D eigenvalue weighted by Crippen LogP contribution is 2.47. The normalized spacial score (nSPS) is 27.6. The van der Waals surface area contributed by atoms with Gasteiger partial charge in [0.05, 0.1) is 0 Å². The Morgan fingerprint density at radius 3 is 2.78 bits per heavy atom. The fourth-order valence-electron chi connectivity index (χ4n) is 2.50. The van der Waals surface area contributed by atoms with Crippen LogP contribution in [0.3, 0.4) is 0 Å². The number of amides is 1. The topological polar surface area (TPSA) is 55.4 Å². The third-order valence-corrected chi connectivity index (χ3v) is 3.96. The molecule has 1 amide bonds. The maximum atomic E-state index is 12.2. The van der Waals surface area contributed by atoms with Gasteiger partial charge in [-0.05, 0) is 36.5 Å². The summed E-state index contributed by atoms with van der Waals surface area (Å²) in [4.78, 5) is 23.8. The second-order valence-corrected chi connectivity index (χ2v) is 5.63. The van der Waals surface area contributed by atoms with Crippen LogP contribution in [0.5, 0.6) is 0 Å². The predicted octanol–water partition coefficient (Wildman–Crippen LogP) is 1.73. The van der Waals surface area contributed by atoms with Crippen LogP contribution in [0, 0.1) is 5.92 Å². The lowest BCUT2D eigenvalue weighted by atomic mass is 9.84. The van der Waals surface area contributed by atoms with Gasteiger partial charge in [0.1, 0.15) is 0 Å². The van der Waals surface area contributed by atoms with Gasteiger partial charge >= 0.3 is 5.97 Å². The zero-order valence-corrected chi connectivity index (χ0v) is 11.2. The van der Waals surface area contributed by atoms with E-state index in [0.29, 0.717) is 0 Å². The van der Waals surface area contributed by atoms with Crippen molar-refractivity contribution < 1.29 is 14.3 Å². The summed E-state index contributed by atoms with van der Waals surface area (Å²) in [5.74, 6) is -0.437. The second-order valence-electron chi connectivity index (χ2n) is 4.72. The van der Waals surface area contributed by atoms with Crippen LogP contribution in [0.25, 0.3) is 0 Å². The quantitative estimate of drug-likeness (QED) is 0.847. The molecule has 1 atom stereocenters. The molecule has 1 unspecified atom stereocenters. The van der Waals surface area contributed by atoms with Crippen molar-refractivity contribution in [3.05, 3.63) is 34.3 Å². The number of ether oxygens (including phenoxy) is 1. The lowest BCUT2D eigenvalue weighted by Gasteiger charge is -2.36. The lowest BCUT2D eigenvalue weighted by molar-refractivity contribution is -0.165. The van der Waals surface area contributed by atoms with Crippen LogP contribution < -0.4 is 5.32 Å². The highest BCUT2D eigenvalue weighted by atomic mass is 79.9. The molecule has 18 heavy (non-hydrogen) atoms. The first kappa shape index (κ1) is 11.7. The number of esters is 1. The third-order valence-electron chi connectivity index (χ3n) is 3.46. The number of rotatable bonds is 2. The van der Waals surface area contributed by atoms with E-state index in [1.807, 2.05) is 24.3 Å². The molecule has 2 fully saturated rings. The molecule has 4 nitrogen and oxygen atoms in total. The molecule has 0 bridgehead atoms. The van der Waals surface area contributed by atoms with Crippen molar-refractivity contribution in [3.63, 3.8) is 0 Å². The molecule has 2 aliphatic rings. The standard InChI is InChI=1S/C13H12BrNO3/c14-10-3-1-2-9(6-10)13(8-4-5-8)12(17)18-7-11(16)15-13/h1-3,6,8H,4-5,7H2,(H,15,16). The van der Waals surface area contributed by atoms with Crippen molar-refractivity contribution in [1.29, 1.82) is 0 Å². The molecule has 1 aliphatic heterocycles. The summed E-state index contributed by atoms with van der Waals surface area (Å²) in [6, 6.07) is 7.47. The van der Waals surface area contributed by atoms with Crippen molar-refractivity contribution >= 4 is 27.8 Å². The van der Waals surface area contributed by atoms with E-state index in [2.05, 4.69) is 21.2 Å². The van der Waals surface area contributed by atoms with E-state index < -0.39 is 5.54 Å². The lowest BCUT2D eigenvalue weighted by Crippen LogP contribution is -2.59. The monoisotopic (exact) mass is 309 g/mol. The third kappa shape index (κ3) is 1.73. The Morgan fingerprint density at radius 2 is 2.11 bits per heavy atom. The van der Waals surface area contributed by atoms with E-state index >= 15 is 0 Å². The van der Waals surface area contributed by atoms with Crippen LogP contribution >= 0.6 is 15.9 Å². The summed E-state index contributed by atoms with van der Waals surface area (Å²) in [6.45, 7) is -0.179. The maximum Gasteiger partial charge on any atom is 0.337 e. The van der Waals surface area contributed by atoms with Crippen LogP contribution in [0.15, 0.2) is 28.7 Å². The van der Waals surface area contributed by atoms with Crippen LogP contribution in [-0.4, -0.2) is 18.5 Å². The first-order chi connectivity index (χ1) is 8.63. The minimum absolute atomic E-state index is 0.142. The number of halogens is 1. The van der Waals surface area contributed by atoms with Crippen LogP contribution in [0.4, 0.5) is 0 Å². The van der Waals surface area contributed by atoms with Crippen molar-refractivity contribution in [2.45, 2.75) is 18.4 Å². The van der Waals surface area contributed by atoms with Gasteiger partial charge in [0.15, 0.2) is 12.1 Å². The number of cyclic esters (lactones) is 1. The Kier molecular flexibility index (Phi) is 2.66. The molecular formula is C13H12BrNO3. The average Bonchev–Trinajstić information content (AvgIpc) is 3.17. The van der Waals surface area contributed by atoms with Gasteiger partial charge in [0.25, 0.3) is 5.91 Å². The molecule has 1 aromatic rings. The molecule has 1 saturated carbocycles. The predicted molar refractivity (Wildman–Crippen MR) is 67.6 cm³/mol. The summed E-state index contributed by atoms with van der Waals surface area (Å²) >= 11 is 3.39. The molecule has 1 aliphatic carbocycles. The van der Waals surface area contributed by atoms with E-state index in [0.717, 1.165) is 22.9 Å². The molecule has 0 aromatic heterocycles. The minimum atomic E-state index is -0.987. The summed E-state index contributed by atoms with van der Waals surface area (Å²) in [6.07, 6.45) is 1.86. The number of carbonyl (C=O) groups is 2. The van der Waals surface area contributed by atoms with Crippen molar-refractivity contribution in [2.24, 2.45) is 5.92 Å². The first-order valence-electron chi connectivity index (χ1n) is 5.87. The smallest absolute Gasteiger partial charge is 0.337 e. The summed E-state index contributed by atoms with van der Waals surface area (Å²) in [7, 11) is 0. The molecule has 0 spiro atoms. The Balaban J connectivity index is 2.10. The summed E-state index contributed by atoms with van der Waals surface area (Å²) in [5.41, 5.74) is -0.198. The van der Waals surface area contributed by atoms with Gasteiger partial charge in [0.2, 0.25) is 0 Å². The molecular weight excluding hydrogens is 298 g/mol. The highest BCUT2D eigenvalue weighted by molar-refractivity contribution is 9.10. The van der Waals surface area contributed by atoms with Gasteiger partial charge in [-0.2, -0.15) is 0 Å². The van der Waals surface area contributed by atoms with Gasteiger partial charge in [-0.15, -0.1) is 0 Å². The molecule has 1 heterocycles. The summed E-state index contributed by atoms with van der Waals surface area (Å²) < 4.78 is 5.92. The van der Waals surface area contributed by atoms with Gasteiger partial charge in [-0.25, -0.2) is 4.79 Å². The van der Waals surface area contributed by atoms with Crippen molar-refractivity contribution in [3.8, 4) is 0 Å². The Morgan fingerprint density at radius 1 is 1.33 bits per heavy atom. The second kappa shape index (κ2) is 4.09. The molecule has 1 N–H and O–H groups in total. The number of benzene rings is 1. The van der Waals surface area contributed by atoms with Gasteiger partial charge in [-0.1, -0.05) is 28.1 Å². The average molecular weight is 310 g/mol. The molecule has 1 saturated heterocycles. The minimum Gasteiger partial charge on any atom is -0.454 e. The maximum absolute atomic E-state index is 12.2. The van der Waals surface area contributed by atoms with E-state index in [1.165, 1.54) is 0 Å². The first-order valence-corrected chi connectivity index (χ1v) is 6.66. The molecule has 3 rings (SSSR count). The Bertz CT molecular complexity index is 527. The summed E-state index contributed by atoms with van der Waals surface area (Å²) in [5, 5.41) is 2.85. The zero-order chi connectivity index (χ0) is 12.8. The Labute approximate surface area is 113 Å². The number of morpholine rings is 1. The van der Waals surface area contributed by atoms with Gasteiger partial charge in [0, 0.05) is 4.47 Å². The number of hydrogen-bond donors (Lipinski definition) is 1. The van der Waals surface area contributed by atoms with Crippen LogP contribution in [0.2, 0.25) is 0 Å². The van der Waals surface area contributed by atoms with Crippen LogP contribution in [0.1, 0.15) is 18.4 Å². The molecule has 0 radical (unpaired) electrons. The van der Waals surface area contributed by atoms with Gasteiger partial charge < -0.3 is 10.1 Å². The van der Waals surface area contributed by atoms with Gasteiger partial charge in [-0.3, -0.25) is 4.79 Å². The van der Waals surface area contributed by atoms with E-state index in [9.17, 15) is 9.59 Å².